The molecule has 4 aromatic rings. The van der Waals surface area contributed by atoms with Gasteiger partial charge in [-0.2, -0.15) is 23.5 Å². The molecular weight excluding hydrogens is 605 g/mol. The van der Waals surface area contributed by atoms with E-state index in [9.17, 15) is 10.2 Å². The van der Waals surface area contributed by atoms with Gasteiger partial charge in [-0.15, -0.1) is 0 Å². The minimum atomic E-state index is -0.0486. The van der Waals surface area contributed by atoms with Crippen molar-refractivity contribution >= 4 is 23.5 Å². The number of phenolic OH excluding ortho intramolecular Hbond substituents is 2. The van der Waals surface area contributed by atoms with E-state index >= 15 is 0 Å². The van der Waals surface area contributed by atoms with E-state index < -0.39 is 0 Å². The lowest BCUT2D eigenvalue weighted by atomic mass is 9.84. The molecule has 0 saturated heterocycles. The van der Waals surface area contributed by atoms with Crippen molar-refractivity contribution in [3.05, 3.63) is 95.3 Å². The number of pyridine rings is 2. The summed E-state index contributed by atoms with van der Waals surface area (Å²) in [7, 11) is 0. The van der Waals surface area contributed by atoms with Crippen LogP contribution in [0.5, 0.6) is 11.5 Å². The maximum Gasteiger partial charge on any atom is 0.129 e. The van der Waals surface area contributed by atoms with Gasteiger partial charge in [0.2, 0.25) is 0 Å². The topological polar surface area (TPSA) is 66.2 Å². The number of aromatic hydroxyl groups is 2. The maximum atomic E-state index is 11.5. The summed E-state index contributed by atoms with van der Waals surface area (Å²) in [6.07, 6.45) is 10.9. The van der Waals surface area contributed by atoms with E-state index in [1.807, 2.05) is 59.9 Å². The highest BCUT2D eigenvalue weighted by Gasteiger charge is 2.27. The number of nitrogens with zero attached hydrogens (tertiary/aromatic N) is 2. The summed E-state index contributed by atoms with van der Waals surface area (Å²) in [4.78, 5) is 9.14. The van der Waals surface area contributed by atoms with Gasteiger partial charge >= 0.3 is 0 Å². The third-order valence-electron chi connectivity index (χ3n) is 9.04. The quantitative estimate of drug-likeness (QED) is 0.197. The van der Waals surface area contributed by atoms with Gasteiger partial charge in [-0.25, -0.2) is 0 Å². The summed E-state index contributed by atoms with van der Waals surface area (Å²) >= 11 is 3.98. The summed E-state index contributed by atoms with van der Waals surface area (Å²) in [6, 6.07) is 20.4. The lowest BCUT2D eigenvalue weighted by Crippen LogP contribution is -2.22. The molecule has 0 aliphatic heterocycles. The Morgan fingerprint density at radius 2 is 1.02 bits per heavy atom. The number of benzene rings is 2. The number of hydrogen-bond acceptors (Lipinski definition) is 6. The maximum absolute atomic E-state index is 11.5. The molecule has 0 amide bonds. The second-order valence-corrected chi connectivity index (χ2v) is 17.1. The van der Waals surface area contributed by atoms with Crippen molar-refractivity contribution in [3.8, 4) is 34.0 Å². The van der Waals surface area contributed by atoms with Crippen molar-refractivity contribution < 1.29 is 10.2 Å². The molecule has 1 aliphatic rings. The Hall–Kier alpha value is -2.96. The normalized spacial score (nSPS) is 17.8. The zero-order valence-corrected chi connectivity index (χ0v) is 30.0. The van der Waals surface area contributed by atoms with E-state index in [0.717, 1.165) is 45.1 Å². The first-order valence-electron chi connectivity index (χ1n) is 16.7. The predicted octanol–water partition coefficient (Wildman–Crippen LogP) is 11.1. The Balaban J connectivity index is 1.41. The van der Waals surface area contributed by atoms with Crippen LogP contribution in [0.15, 0.2) is 73.1 Å². The first-order valence-corrected chi connectivity index (χ1v) is 18.8. The van der Waals surface area contributed by atoms with Crippen molar-refractivity contribution in [2.75, 3.05) is 0 Å². The van der Waals surface area contributed by atoms with E-state index in [1.54, 1.807) is 12.4 Å². The predicted molar refractivity (Wildman–Crippen MR) is 198 cm³/mol. The molecule has 2 aromatic heterocycles. The van der Waals surface area contributed by atoms with Gasteiger partial charge in [0, 0.05) is 56.7 Å². The second-order valence-electron chi connectivity index (χ2n) is 14.7. The number of thioether (sulfide) groups is 2. The van der Waals surface area contributed by atoms with Gasteiger partial charge in [-0.05, 0) is 71.2 Å². The van der Waals surface area contributed by atoms with Crippen molar-refractivity contribution in [1.82, 2.24) is 9.97 Å². The molecule has 2 atom stereocenters. The minimum Gasteiger partial charge on any atom is -0.507 e. The molecule has 244 valence electrons. The van der Waals surface area contributed by atoms with Crippen LogP contribution in [0.3, 0.4) is 0 Å². The molecular formula is C40H50N2O2S2. The average molecular weight is 655 g/mol. The fourth-order valence-corrected chi connectivity index (χ4v) is 9.17. The fourth-order valence-electron chi connectivity index (χ4n) is 6.10. The molecule has 2 heterocycles. The molecule has 6 heteroatoms. The summed E-state index contributed by atoms with van der Waals surface area (Å²) < 4.78 is 0. The smallest absolute Gasteiger partial charge is 0.129 e. The standard InChI is InChI=1S/C40H50N2O2S2/c1-39(2,3)29-21-27(37(43)31(23-29)33-15-11-13-19-41-33)25-45-35-17-9-7-8-10-18-36(35)46-26-28-22-30(40(4,5)6)24-32(38(28)44)34-16-12-14-20-42-34/h11-16,19-24,35-36,43-44H,7-10,17-18,25-26H2,1-6H3/t35-,36?/m0/s1. The number of phenols is 2. The van der Waals surface area contributed by atoms with Gasteiger partial charge in [0.25, 0.3) is 0 Å². The molecule has 46 heavy (non-hydrogen) atoms. The van der Waals surface area contributed by atoms with Gasteiger partial charge in [-0.1, -0.05) is 91.5 Å². The zero-order valence-electron chi connectivity index (χ0n) is 28.3. The Labute approximate surface area is 284 Å². The Morgan fingerprint density at radius 1 is 0.609 bits per heavy atom. The minimum absolute atomic E-state index is 0.0486. The highest BCUT2D eigenvalue weighted by Crippen LogP contribution is 2.44. The Kier molecular flexibility index (Phi) is 11.1. The van der Waals surface area contributed by atoms with Gasteiger partial charge < -0.3 is 10.2 Å². The van der Waals surface area contributed by atoms with E-state index in [1.165, 1.54) is 49.7 Å². The largest absolute Gasteiger partial charge is 0.507 e. The molecule has 0 radical (unpaired) electrons. The molecule has 2 N–H and O–H groups in total. The summed E-state index contributed by atoms with van der Waals surface area (Å²) in [5.74, 6) is 2.21. The van der Waals surface area contributed by atoms with Gasteiger partial charge in [0.15, 0.2) is 0 Å². The van der Waals surface area contributed by atoms with Crippen LogP contribution in [0.4, 0.5) is 0 Å². The molecule has 2 aromatic carbocycles. The highest BCUT2D eigenvalue weighted by molar-refractivity contribution is 8.03. The van der Waals surface area contributed by atoms with Crippen LogP contribution in [0.25, 0.3) is 22.5 Å². The summed E-state index contributed by atoms with van der Waals surface area (Å²) in [6.45, 7) is 13.4. The van der Waals surface area contributed by atoms with Crippen LogP contribution in [-0.4, -0.2) is 30.7 Å². The van der Waals surface area contributed by atoms with Crippen LogP contribution in [0.2, 0.25) is 0 Å². The first kappa shape index (κ1) is 34.4. The molecule has 4 nitrogen and oxygen atoms in total. The number of rotatable bonds is 8. The van der Waals surface area contributed by atoms with Crippen molar-refractivity contribution in [1.29, 1.82) is 0 Å². The molecule has 1 fully saturated rings. The highest BCUT2D eigenvalue weighted by atomic mass is 32.2. The average Bonchev–Trinajstić information content (AvgIpc) is 3.01. The first-order chi connectivity index (χ1) is 21.9. The third-order valence-corrected chi connectivity index (χ3v) is 12.2. The van der Waals surface area contributed by atoms with Crippen molar-refractivity contribution in [2.24, 2.45) is 0 Å². The SMILES string of the molecule is CC(C)(C)c1cc(CSC2CCCCCC[C@@H]2SCc2cc(C(C)(C)C)cc(-c3ccccn3)c2O)c(O)c(-c2ccccn2)c1. The van der Waals surface area contributed by atoms with E-state index in [4.69, 9.17) is 0 Å². The molecule has 0 bridgehead atoms. The lowest BCUT2D eigenvalue weighted by molar-refractivity contribution is 0.470. The van der Waals surface area contributed by atoms with Crippen LogP contribution >= 0.6 is 23.5 Å². The van der Waals surface area contributed by atoms with Crippen LogP contribution in [0.1, 0.15) is 102 Å². The second kappa shape index (κ2) is 14.9. The Bertz CT molecular complexity index is 1470. The molecule has 1 unspecified atom stereocenters. The fraction of sp³-hybridized carbons (Fsp3) is 0.450. The lowest BCUT2D eigenvalue weighted by Gasteiger charge is -2.30. The van der Waals surface area contributed by atoms with Crippen LogP contribution in [0, 0.1) is 0 Å². The van der Waals surface area contributed by atoms with E-state index in [2.05, 4.69) is 75.8 Å². The van der Waals surface area contributed by atoms with Crippen molar-refractivity contribution in [3.63, 3.8) is 0 Å². The molecule has 1 saturated carbocycles. The summed E-state index contributed by atoms with van der Waals surface area (Å²) in [5, 5.41) is 24.0. The Morgan fingerprint density at radius 3 is 1.37 bits per heavy atom. The van der Waals surface area contributed by atoms with Crippen molar-refractivity contribution in [2.45, 2.75) is 113 Å². The van der Waals surface area contributed by atoms with Crippen LogP contribution < -0.4 is 0 Å². The molecule has 1 aliphatic carbocycles. The molecule has 0 spiro atoms. The third kappa shape index (κ3) is 8.49. The number of aromatic nitrogens is 2. The van der Waals surface area contributed by atoms with Gasteiger partial charge in [-0.3, -0.25) is 9.97 Å². The van der Waals surface area contributed by atoms with E-state index in [0.29, 0.717) is 22.0 Å². The monoisotopic (exact) mass is 654 g/mol. The summed E-state index contributed by atoms with van der Waals surface area (Å²) in [5.41, 5.74) is 7.53. The number of hydrogen-bond donors (Lipinski definition) is 2. The van der Waals surface area contributed by atoms with Gasteiger partial charge in [0.1, 0.15) is 11.5 Å². The molecule has 5 rings (SSSR count). The zero-order chi connectivity index (χ0) is 32.9. The van der Waals surface area contributed by atoms with Crippen LogP contribution in [-0.2, 0) is 22.3 Å². The van der Waals surface area contributed by atoms with E-state index in [-0.39, 0.29) is 10.8 Å². The van der Waals surface area contributed by atoms with Gasteiger partial charge in [0.05, 0.1) is 11.4 Å².